The zero-order chi connectivity index (χ0) is 23.4. The number of aromatic nitrogens is 5. The van der Waals surface area contributed by atoms with Crippen LogP contribution in [0.2, 0.25) is 0 Å². The van der Waals surface area contributed by atoms with Crippen molar-refractivity contribution < 1.29 is 13.9 Å². The summed E-state index contributed by atoms with van der Waals surface area (Å²) < 4.78 is 15.1. The van der Waals surface area contributed by atoms with Crippen LogP contribution in [0.1, 0.15) is 46.2 Å². The van der Waals surface area contributed by atoms with Crippen LogP contribution in [0.3, 0.4) is 0 Å². The van der Waals surface area contributed by atoms with Crippen molar-refractivity contribution in [3.05, 3.63) is 86.5 Å². The van der Waals surface area contributed by atoms with E-state index in [0.717, 1.165) is 23.2 Å². The highest BCUT2D eigenvalue weighted by Crippen LogP contribution is 2.55. The zero-order valence-corrected chi connectivity index (χ0v) is 18.5. The number of halogens is 2. The highest BCUT2D eigenvalue weighted by atomic mass is 19.1. The Bertz CT molecular complexity index is 1530. The Morgan fingerprint density at radius 2 is 1.94 bits per heavy atom. The maximum Gasteiger partial charge on any atom is 0.325 e. The van der Waals surface area contributed by atoms with Gasteiger partial charge >= 0.3 is 5.69 Å². The maximum absolute atomic E-state index is 13.5. The molecule has 35 heavy (non-hydrogen) atoms. The molecule has 4 aromatic rings. The Balaban J connectivity index is 0.00000253. The minimum Gasteiger partial charge on any atom is -0.336 e. The van der Waals surface area contributed by atoms with Crippen molar-refractivity contribution in [2.45, 2.75) is 30.8 Å². The van der Waals surface area contributed by atoms with Crippen LogP contribution >= 0.6 is 0 Å². The lowest BCUT2D eigenvalue weighted by atomic mass is 10.0. The zero-order valence-electron chi connectivity index (χ0n) is 18.5. The second-order valence-electron chi connectivity index (χ2n) is 8.87. The molecule has 180 valence electrons. The monoisotopic (exact) mass is 480 g/mol. The van der Waals surface area contributed by atoms with Crippen molar-refractivity contribution in [2.24, 2.45) is 0 Å². The summed E-state index contributed by atoms with van der Waals surface area (Å²) in [7, 11) is 0. The predicted octanol–water partition coefficient (Wildman–Crippen LogP) is 2.38. The largest absolute Gasteiger partial charge is 0.336 e. The molecule has 6 rings (SSSR count). The number of fused-ring (bicyclic) bond motifs is 1. The normalized spacial score (nSPS) is 21.2. The molecule has 3 aromatic heterocycles. The first-order valence-electron chi connectivity index (χ1n) is 11.2. The molecule has 0 spiro atoms. The lowest BCUT2D eigenvalue weighted by Crippen LogP contribution is -2.28. The van der Waals surface area contributed by atoms with Gasteiger partial charge in [0.1, 0.15) is 6.17 Å². The lowest BCUT2D eigenvalue weighted by Gasteiger charge is -2.15. The van der Waals surface area contributed by atoms with Gasteiger partial charge in [0.15, 0.2) is 5.65 Å². The summed E-state index contributed by atoms with van der Waals surface area (Å²) in [5.41, 5.74) is 3.00. The third-order valence-electron chi connectivity index (χ3n) is 6.68. The van der Waals surface area contributed by atoms with Crippen LogP contribution in [0.15, 0.2) is 58.5 Å². The van der Waals surface area contributed by atoms with Gasteiger partial charge in [-0.1, -0.05) is 12.1 Å². The number of imidazole rings is 1. The summed E-state index contributed by atoms with van der Waals surface area (Å²) in [6.07, 6.45) is 5.10. The minimum absolute atomic E-state index is 0. The Labute approximate surface area is 197 Å². The number of carbonyl (C=O) groups is 1. The number of nitrogens with zero attached hydrogens (tertiary/aromatic N) is 4. The molecule has 2 aliphatic rings. The molecule has 1 aliphatic heterocycles. The molecule has 4 heterocycles. The van der Waals surface area contributed by atoms with Gasteiger partial charge in [-0.15, -0.1) is 0 Å². The smallest absolute Gasteiger partial charge is 0.325 e. The van der Waals surface area contributed by atoms with Crippen LogP contribution < -0.4 is 11.2 Å². The van der Waals surface area contributed by atoms with E-state index >= 15 is 0 Å². The summed E-state index contributed by atoms with van der Waals surface area (Å²) >= 11 is 0. The van der Waals surface area contributed by atoms with Crippen molar-refractivity contribution in [3.8, 4) is 11.3 Å². The number of hydrogen-bond acceptors (Lipinski definition) is 5. The van der Waals surface area contributed by atoms with Crippen molar-refractivity contribution in [1.82, 2.24) is 29.5 Å². The molecular weight excluding hydrogens is 458 g/mol. The molecule has 0 unspecified atom stereocenters. The molecule has 1 saturated carbocycles. The molecule has 3 atom stereocenters. The van der Waals surface area contributed by atoms with Crippen molar-refractivity contribution >= 4 is 11.6 Å². The fourth-order valence-corrected chi connectivity index (χ4v) is 4.81. The standard InChI is InChI=1S/C24H21FN6O3.FH/c25-15-5-7-30(12-15)23(33)14-3-1-13(2-4-14)16-9-17(16)18-10-20(29-31-8-6-26-21(18)31)19-11-27-24(34)28-22(19)32;/h1-4,6,8,10-11,15-17H,5,7,9,12H2,(H2,27,28,32,34);1H/t15-,16+,17-;/m0./s1. The SMILES string of the molecule is F.O=C(c1ccc([C@H]2C[C@@H]2c2cc(-c3c[nH]c(=O)[nH]c3=O)nn3ccnc23)cc1)N1CC[C@H](F)C1. The quantitative estimate of drug-likeness (QED) is 0.465. The van der Waals surface area contributed by atoms with Crippen LogP contribution in [0.5, 0.6) is 0 Å². The average Bonchev–Trinajstić information content (AvgIpc) is 3.26. The summed E-state index contributed by atoms with van der Waals surface area (Å²) in [6.45, 7) is 0.614. The van der Waals surface area contributed by atoms with E-state index in [2.05, 4.69) is 20.1 Å². The van der Waals surface area contributed by atoms with E-state index in [1.807, 2.05) is 30.3 Å². The molecule has 1 amide bonds. The maximum atomic E-state index is 13.5. The third kappa shape index (κ3) is 4.02. The molecule has 0 radical (unpaired) electrons. The number of alkyl halides is 1. The van der Waals surface area contributed by atoms with Crippen molar-refractivity contribution in [1.29, 1.82) is 0 Å². The van der Waals surface area contributed by atoms with E-state index in [1.54, 1.807) is 21.8 Å². The summed E-state index contributed by atoms with van der Waals surface area (Å²) in [5.74, 6) is 0.291. The molecule has 2 N–H and O–H groups in total. The topological polar surface area (TPSA) is 116 Å². The van der Waals surface area contributed by atoms with Crippen molar-refractivity contribution in [2.75, 3.05) is 13.1 Å². The fraction of sp³-hybridized carbons (Fsp3) is 0.292. The number of H-pyrrole nitrogens is 2. The van der Waals surface area contributed by atoms with Crippen LogP contribution in [0, 0.1) is 0 Å². The number of benzene rings is 1. The first-order valence-corrected chi connectivity index (χ1v) is 11.2. The molecule has 11 heteroatoms. The van der Waals surface area contributed by atoms with Crippen LogP contribution in [0.25, 0.3) is 16.9 Å². The molecule has 2 fully saturated rings. The average molecular weight is 480 g/mol. The predicted molar refractivity (Wildman–Crippen MR) is 124 cm³/mol. The summed E-state index contributed by atoms with van der Waals surface area (Å²) in [5, 5.41) is 4.48. The molecule has 1 aliphatic carbocycles. The number of nitrogens with one attached hydrogen (secondary N) is 2. The number of likely N-dealkylation sites (tertiary alicyclic amines) is 1. The lowest BCUT2D eigenvalue weighted by molar-refractivity contribution is 0.0783. The van der Waals surface area contributed by atoms with Gasteiger partial charge in [-0.05, 0) is 48.4 Å². The molecule has 9 nitrogen and oxygen atoms in total. The van der Waals surface area contributed by atoms with E-state index in [1.165, 1.54) is 6.20 Å². The van der Waals surface area contributed by atoms with Gasteiger partial charge in [-0.2, -0.15) is 5.10 Å². The molecule has 0 bridgehead atoms. The van der Waals surface area contributed by atoms with E-state index in [0.29, 0.717) is 24.2 Å². The second kappa shape index (κ2) is 8.57. The van der Waals surface area contributed by atoms with Crippen LogP contribution in [0.4, 0.5) is 9.09 Å². The Kier molecular flexibility index (Phi) is 5.54. The number of rotatable bonds is 4. The Morgan fingerprint density at radius 1 is 1.14 bits per heavy atom. The van der Waals surface area contributed by atoms with E-state index in [-0.39, 0.29) is 34.6 Å². The highest BCUT2D eigenvalue weighted by Gasteiger charge is 2.41. The molecular formula is C24H22F2N6O3. The van der Waals surface area contributed by atoms with Gasteiger partial charge in [0.2, 0.25) is 0 Å². The molecule has 1 saturated heterocycles. The Hall–Kier alpha value is -4.15. The third-order valence-corrected chi connectivity index (χ3v) is 6.68. The van der Waals surface area contributed by atoms with Gasteiger partial charge in [0, 0.05) is 36.3 Å². The minimum atomic E-state index is -0.938. The van der Waals surface area contributed by atoms with Gasteiger partial charge in [0.05, 0.1) is 17.8 Å². The fourth-order valence-electron chi connectivity index (χ4n) is 4.81. The van der Waals surface area contributed by atoms with Gasteiger partial charge < -0.3 is 9.88 Å². The number of amides is 1. The highest BCUT2D eigenvalue weighted by molar-refractivity contribution is 5.94. The number of hydrogen-bond donors (Lipinski definition) is 2. The Morgan fingerprint density at radius 3 is 2.66 bits per heavy atom. The second-order valence-corrected chi connectivity index (χ2v) is 8.87. The van der Waals surface area contributed by atoms with Crippen LogP contribution in [-0.4, -0.2) is 54.6 Å². The summed E-state index contributed by atoms with van der Waals surface area (Å²) in [4.78, 5) is 47.0. The first kappa shape index (κ1) is 22.6. The van der Waals surface area contributed by atoms with E-state index < -0.39 is 17.4 Å². The number of aromatic amines is 2. The summed E-state index contributed by atoms with van der Waals surface area (Å²) in [6, 6.07) is 9.38. The van der Waals surface area contributed by atoms with Gasteiger partial charge in [-0.25, -0.2) is 18.7 Å². The first-order chi connectivity index (χ1) is 16.5. The number of carbonyl (C=O) groups excluding carboxylic acids is 1. The van der Waals surface area contributed by atoms with E-state index in [4.69, 9.17) is 0 Å². The van der Waals surface area contributed by atoms with Crippen LogP contribution in [-0.2, 0) is 0 Å². The van der Waals surface area contributed by atoms with Gasteiger partial charge in [-0.3, -0.25) is 19.3 Å². The van der Waals surface area contributed by atoms with E-state index in [9.17, 15) is 18.8 Å². The van der Waals surface area contributed by atoms with Gasteiger partial charge in [0.25, 0.3) is 11.5 Å². The van der Waals surface area contributed by atoms with Crippen molar-refractivity contribution in [3.63, 3.8) is 0 Å². The molecule has 1 aromatic carbocycles.